The number of aliphatic hydroxyl groups excluding tert-OH is 1. The summed E-state index contributed by atoms with van der Waals surface area (Å²) in [5.41, 5.74) is 1.11. The van der Waals surface area contributed by atoms with Crippen molar-refractivity contribution in [2.75, 3.05) is 13.7 Å². The molecule has 0 aliphatic heterocycles. The highest BCUT2D eigenvalue weighted by Crippen LogP contribution is 2.39. The molecule has 164 valence electrons. The number of carboxylic acids is 1. The zero-order valence-corrected chi connectivity index (χ0v) is 18.1. The zero-order valence-electron chi connectivity index (χ0n) is 16.6. The van der Waals surface area contributed by atoms with Crippen LogP contribution in [0.1, 0.15) is 27.7 Å². The van der Waals surface area contributed by atoms with Crippen LogP contribution in [0.3, 0.4) is 0 Å². The summed E-state index contributed by atoms with van der Waals surface area (Å²) in [4.78, 5) is 23.7. The van der Waals surface area contributed by atoms with Gasteiger partial charge in [0, 0.05) is 24.1 Å². The number of aromatic nitrogens is 1. The fraction of sp³-hybridized carbons (Fsp3) is 0.238. The van der Waals surface area contributed by atoms with E-state index in [-0.39, 0.29) is 33.3 Å². The van der Waals surface area contributed by atoms with Gasteiger partial charge in [-0.05, 0) is 17.7 Å². The van der Waals surface area contributed by atoms with Gasteiger partial charge >= 0.3 is 5.97 Å². The Morgan fingerprint density at radius 3 is 2.52 bits per heavy atom. The van der Waals surface area contributed by atoms with Crippen molar-refractivity contribution in [3.63, 3.8) is 0 Å². The first kappa shape index (κ1) is 22.9. The quantitative estimate of drug-likeness (QED) is 0.490. The number of hydrogen-bond acceptors (Lipinski definition) is 4. The Morgan fingerprint density at radius 1 is 1.23 bits per heavy atom. The second-order valence-corrected chi connectivity index (χ2v) is 7.62. The number of nitrogens with one attached hydrogen (secondary N) is 1. The number of carboxylic acid groups (broad SMARTS) is 1. The number of aryl methyl sites for hydroxylation is 1. The summed E-state index contributed by atoms with van der Waals surface area (Å²) >= 11 is 12.5. The predicted octanol–water partition coefficient (Wildman–Crippen LogP) is 3.72. The number of aliphatic carboxylic acids is 1. The van der Waals surface area contributed by atoms with Gasteiger partial charge in [-0.15, -0.1) is 0 Å². The first-order valence-electron chi connectivity index (χ1n) is 9.11. The number of carbonyl (C=O) groups is 2. The number of halogens is 3. The van der Waals surface area contributed by atoms with Crippen LogP contribution >= 0.6 is 23.2 Å². The van der Waals surface area contributed by atoms with E-state index in [0.717, 1.165) is 6.07 Å². The molecule has 1 amide bonds. The molecule has 0 unspecified atom stereocenters. The van der Waals surface area contributed by atoms with Crippen molar-refractivity contribution in [1.82, 2.24) is 9.88 Å². The van der Waals surface area contributed by atoms with E-state index in [2.05, 4.69) is 5.32 Å². The van der Waals surface area contributed by atoms with E-state index in [9.17, 15) is 19.1 Å². The van der Waals surface area contributed by atoms with Gasteiger partial charge in [0.05, 0.1) is 36.7 Å². The number of aliphatic hydroxyl groups is 1. The minimum atomic E-state index is -1.09. The van der Waals surface area contributed by atoms with Gasteiger partial charge in [-0.3, -0.25) is 9.59 Å². The number of hydrogen-bond donors (Lipinski definition) is 3. The number of nitrogens with zero attached hydrogens (tertiary/aromatic N) is 1. The molecule has 0 spiro atoms. The fourth-order valence-electron chi connectivity index (χ4n) is 3.34. The van der Waals surface area contributed by atoms with Crippen molar-refractivity contribution in [2.45, 2.75) is 12.5 Å². The average Bonchev–Trinajstić information content (AvgIpc) is 3.05. The summed E-state index contributed by atoms with van der Waals surface area (Å²) in [5.74, 6) is -2.04. The molecule has 0 aliphatic carbocycles. The predicted molar refractivity (Wildman–Crippen MR) is 115 cm³/mol. The number of benzene rings is 2. The standard InChI is InChI=1S/C21H19Cl2FN2O5/c1-26-15-8-17(31-2)20(23)19(22)12(15)7-16(26)21(30)25-14(9-27)11-4-3-10(5-13(11)24)6-18(28)29/h3-5,7-8,14,27H,6,9H2,1-2H3,(H,25,30)(H,28,29)/t14-/m1/s1. The van der Waals surface area contributed by atoms with E-state index < -0.39 is 30.3 Å². The van der Waals surface area contributed by atoms with Crippen molar-refractivity contribution < 1.29 is 28.9 Å². The van der Waals surface area contributed by atoms with Crippen LogP contribution in [0.2, 0.25) is 10.0 Å². The molecule has 3 N–H and O–H groups in total. The Bertz CT molecular complexity index is 1180. The van der Waals surface area contributed by atoms with Gasteiger partial charge in [0.2, 0.25) is 0 Å². The van der Waals surface area contributed by atoms with E-state index in [1.54, 1.807) is 23.7 Å². The van der Waals surface area contributed by atoms with Crippen LogP contribution < -0.4 is 10.1 Å². The number of methoxy groups -OCH3 is 1. The summed E-state index contributed by atoms with van der Waals surface area (Å²) < 4.78 is 21.3. The monoisotopic (exact) mass is 468 g/mol. The molecule has 3 aromatic rings. The number of amides is 1. The molecule has 1 aromatic heterocycles. The lowest BCUT2D eigenvalue weighted by Crippen LogP contribution is -2.32. The molecule has 1 atom stereocenters. The molecular weight excluding hydrogens is 450 g/mol. The highest BCUT2D eigenvalue weighted by Gasteiger charge is 2.23. The first-order chi connectivity index (χ1) is 14.7. The Morgan fingerprint density at radius 2 is 1.94 bits per heavy atom. The topological polar surface area (TPSA) is 101 Å². The third kappa shape index (κ3) is 4.46. The zero-order chi connectivity index (χ0) is 22.9. The van der Waals surface area contributed by atoms with Crippen molar-refractivity contribution in [1.29, 1.82) is 0 Å². The highest BCUT2D eigenvalue weighted by molar-refractivity contribution is 6.46. The molecule has 10 heteroatoms. The molecule has 0 fully saturated rings. The van der Waals surface area contributed by atoms with Crippen molar-refractivity contribution in [3.05, 3.63) is 63.0 Å². The smallest absolute Gasteiger partial charge is 0.307 e. The van der Waals surface area contributed by atoms with Gasteiger partial charge in [0.15, 0.2) is 0 Å². The molecule has 31 heavy (non-hydrogen) atoms. The van der Waals surface area contributed by atoms with Crippen LogP contribution in [-0.4, -0.2) is 40.4 Å². The summed E-state index contributed by atoms with van der Waals surface area (Å²) in [5, 5.41) is 22.1. The van der Waals surface area contributed by atoms with E-state index in [0.29, 0.717) is 16.7 Å². The fourth-order valence-corrected chi connectivity index (χ4v) is 3.82. The molecule has 3 rings (SSSR count). The van der Waals surface area contributed by atoms with Gasteiger partial charge in [0.1, 0.15) is 22.3 Å². The molecule has 1 heterocycles. The second kappa shape index (κ2) is 9.13. The third-order valence-corrected chi connectivity index (χ3v) is 5.79. The maximum atomic E-state index is 14.5. The largest absolute Gasteiger partial charge is 0.495 e. The van der Waals surface area contributed by atoms with Crippen molar-refractivity contribution in [3.8, 4) is 5.75 Å². The summed E-state index contributed by atoms with van der Waals surface area (Å²) in [6.07, 6.45) is -0.337. The molecular formula is C21H19Cl2FN2O5. The van der Waals surface area contributed by atoms with Crippen molar-refractivity contribution >= 4 is 46.0 Å². The minimum Gasteiger partial charge on any atom is -0.495 e. The molecule has 7 nitrogen and oxygen atoms in total. The van der Waals surface area contributed by atoms with Crippen LogP contribution in [0.25, 0.3) is 10.9 Å². The first-order valence-corrected chi connectivity index (χ1v) is 9.86. The lowest BCUT2D eigenvalue weighted by atomic mass is 10.0. The van der Waals surface area contributed by atoms with E-state index >= 15 is 0 Å². The van der Waals surface area contributed by atoms with Gasteiger partial charge in [-0.25, -0.2) is 4.39 Å². The van der Waals surface area contributed by atoms with Gasteiger partial charge in [-0.2, -0.15) is 0 Å². The van der Waals surface area contributed by atoms with Crippen LogP contribution in [0.5, 0.6) is 5.75 Å². The maximum absolute atomic E-state index is 14.5. The van der Waals surface area contributed by atoms with Crippen LogP contribution in [0, 0.1) is 5.82 Å². The SMILES string of the molecule is COc1cc2c(cc(C(=O)N[C@H](CO)c3ccc(CC(=O)O)cc3F)n2C)c(Cl)c1Cl. The third-order valence-electron chi connectivity index (χ3n) is 4.93. The number of carbonyl (C=O) groups excluding carboxylic acids is 1. The summed E-state index contributed by atoms with van der Waals surface area (Å²) in [6, 6.07) is 6.00. The van der Waals surface area contributed by atoms with E-state index in [1.807, 2.05) is 0 Å². The molecule has 2 aromatic carbocycles. The van der Waals surface area contributed by atoms with Gasteiger partial charge < -0.3 is 24.8 Å². The van der Waals surface area contributed by atoms with Crippen molar-refractivity contribution in [2.24, 2.45) is 7.05 Å². The molecule has 0 radical (unpaired) electrons. The summed E-state index contributed by atoms with van der Waals surface area (Å²) in [6.45, 7) is -0.564. The molecule has 0 saturated carbocycles. The van der Waals surface area contributed by atoms with E-state index in [4.69, 9.17) is 33.0 Å². The number of rotatable bonds is 7. The van der Waals surface area contributed by atoms with Gasteiger partial charge in [0.25, 0.3) is 5.91 Å². The summed E-state index contributed by atoms with van der Waals surface area (Å²) in [7, 11) is 3.10. The Labute approximate surface area is 186 Å². The number of fused-ring (bicyclic) bond motifs is 1. The Hall–Kier alpha value is -2.81. The van der Waals surface area contributed by atoms with Crippen LogP contribution in [-0.2, 0) is 18.3 Å². The lowest BCUT2D eigenvalue weighted by molar-refractivity contribution is -0.136. The molecule has 0 aliphatic rings. The Balaban J connectivity index is 1.93. The number of ether oxygens (including phenoxy) is 1. The van der Waals surface area contributed by atoms with Gasteiger partial charge in [-0.1, -0.05) is 35.3 Å². The average molecular weight is 469 g/mol. The molecule has 0 bridgehead atoms. The Kier molecular flexibility index (Phi) is 6.74. The highest BCUT2D eigenvalue weighted by atomic mass is 35.5. The van der Waals surface area contributed by atoms with Crippen LogP contribution in [0.15, 0.2) is 30.3 Å². The minimum absolute atomic E-state index is 0.0338. The maximum Gasteiger partial charge on any atom is 0.307 e. The molecule has 0 saturated heterocycles. The van der Waals surface area contributed by atoms with E-state index in [1.165, 1.54) is 19.2 Å². The second-order valence-electron chi connectivity index (χ2n) is 6.86. The van der Waals surface area contributed by atoms with Crippen LogP contribution in [0.4, 0.5) is 4.39 Å². The normalized spacial score (nSPS) is 12.1. The lowest BCUT2D eigenvalue weighted by Gasteiger charge is -2.18.